The summed E-state index contributed by atoms with van der Waals surface area (Å²) in [6, 6.07) is 0. The molecule has 13 heavy (non-hydrogen) atoms. The molecule has 0 aromatic carbocycles. The van der Waals surface area contributed by atoms with Gasteiger partial charge in [0.2, 0.25) is 0 Å². The van der Waals surface area contributed by atoms with Crippen LogP contribution in [0, 0.1) is 76.3 Å². The average molecular weight is 876 g/mol. The van der Waals surface area contributed by atoms with Crippen molar-refractivity contribution in [2.45, 2.75) is 0 Å². The van der Waals surface area contributed by atoms with Gasteiger partial charge in [0, 0.05) is 0 Å². The predicted molar refractivity (Wildman–Crippen MR) is 10.7 cm³/mol. The molecule has 0 heterocycles. The summed E-state index contributed by atoms with van der Waals surface area (Å²) >= 11 is -20.5. The van der Waals surface area contributed by atoms with Crippen LogP contribution in [0.5, 0.6) is 0 Å². The Kier molecular flexibility index (Phi) is 5.41. The summed E-state index contributed by atoms with van der Waals surface area (Å²) in [5.74, 6) is 0. The Morgan fingerprint density at radius 2 is 0.923 bits per heavy atom. The second-order valence-electron chi connectivity index (χ2n) is 1.75. The van der Waals surface area contributed by atoms with Gasteiger partial charge in [0.05, 0.1) is 0 Å². The Labute approximate surface area is 92.1 Å². The van der Waals surface area contributed by atoms with E-state index in [1.807, 2.05) is 0 Å². The van der Waals surface area contributed by atoms with Crippen molar-refractivity contribution in [2.24, 2.45) is 0 Å². The van der Waals surface area contributed by atoms with E-state index in [9.17, 15) is 13.4 Å². The van der Waals surface area contributed by atoms with Gasteiger partial charge in [0.15, 0.2) is 0 Å². The van der Waals surface area contributed by atoms with E-state index in [-0.39, 0.29) is 0 Å². The van der Waals surface area contributed by atoms with Crippen LogP contribution in [0.25, 0.3) is 0 Å². The van der Waals surface area contributed by atoms with Crippen molar-refractivity contribution < 1.29 is 94.4 Å². The van der Waals surface area contributed by atoms with Crippen LogP contribution in [0.3, 0.4) is 0 Å². The first-order valence-electron chi connectivity index (χ1n) is 2.49. The van der Waals surface area contributed by atoms with E-state index < -0.39 is 76.3 Å². The average Bonchev–Trinajstić information content (AvgIpc) is 1.43. The van der Waals surface area contributed by atoms with Crippen LogP contribution in [-0.2, 0) is 12.9 Å². The minimum absolute atomic E-state index is 3.07. The standard InChI is InChI=1S/2H2O.8O.3U/h2*1H2;;;;;;;;;;;/q;;;;;;;;;;;2*+1/p-2. The molecule has 0 saturated carbocycles. The van der Waals surface area contributed by atoms with Crippen molar-refractivity contribution >= 4 is 0 Å². The molecule has 0 aliphatic rings. The summed E-state index contributed by atoms with van der Waals surface area (Å²) in [5.41, 5.74) is 0. The Morgan fingerprint density at radius 1 is 0.692 bits per heavy atom. The number of hydrogen-bond donors (Lipinski definition) is 2. The van der Waals surface area contributed by atoms with Crippen LogP contribution in [0.2, 0.25) is 0 Å². The van der Waals surface area contributed by atoms with E-state index >= 15 is 0 Å². The van der Waals surface area contributed by atoms with Crippen molar-refractivity contribution in [1.29, 1.82) is 0 Å². The number of hydrogen-bond acceptors (Lipinski definition) is 8. The van der Waals surface area contributed by atoms with Gasteiger partial charge in [-0.25, -0.2) is 0 Å². The molecule has 2 N–H and O–H groups in total. The molecule has 0 bridgehead atoms. The molecule has 0 amide bonds. The fraction of sp³-hybridized carbons (Fsp3) is 0. The molecule has 0 atom stereocenters. The normalized spacial score (nSPS) is 14.3. The zero-order chi connectivity index (χ0) is 10.9. The van der Waals surface area contributed by atoms with Gasteiger partial charge >= 0.3 is 94.4 Å². The van der Waals surface area contributed by atoms with Crippen molar-refractivity contribution in [1.82, 2.24) is 0 Å². The van der Waals surface area contributed by atoms with Crippen LogP contribution in [0.15, 0.2) is 0 Å². The molecule has 0 aliphatic heterocycles. The first-order valence-corrected chi connectivity index (χ1v) is 23.2. The van der Waals surface area contributed by atoms with Gasteiger partial charge in [0.1, 0.15) is 0 Å². The molecule has 13 heteroatoms. The second kappa shape index (κ2) is 4.75. The molecule has 0 aliphatic carbocycles. The van der Waals surface area contributed by atoms with E-state index in [4.69, 9.17) is 5.22 Å². The van der Waals surface area contributed by atoms with Gasteiger partial charge in [0.25, 0.3) is 0 Å². The van der Waals surface area contributed by atoms with E-state index in [1.54, 1.807) is 0 Å². The summed E-state index contributed by atoms with van der Waals surface area (Å²) in [4.78, 5) is 0. The molecular formula is H2O10U3. The van der Waals surface area contributed by atoms with Gasteiger partial charge < -0.3 is 0 Å². The fourth-order valence-electron chi connectivity index (χ4n) is 0.337. The van der Waals surface area contributed by atoms with Crippen molar-refractivity contribution in [2.75, 3.05) is 0 Å². The maximum absolute atomic E-state index is 10.4. The number of rotatable bonds is 4. The summed E-state index contributed by atoms with van der Waals surface area (Å²) in [7, 11) is 0. The topological polar surface area (TPSA) is 161 Å². The zero-order valence-corrected chi connectivity index (χ0v) is 18.2. The molecule has 0 fully saturated rings. The maximum atomic E-state index is 10.4. The first kappa shape index (κ1) is 14.8. The third-order valence-corrected chi connectivity index (χ3v) is 44.2. The van der Waals surface area contributed by atoms with Gasteiger partial charge in [-0.3, -0.25) is 0 Å². The SMILES string of the molecule is [O]=[U](=[O])([OH])[O][U](=[O])(=[O])[O][U](=[O])(=[O])[OH]. The molecule has 0 aromatic rings. The van der Waals surface area contributed by atoms with Crippen molar-refractivity contribution in [3.05, 3.63) is 0 Å². The molecule has 0 radical (unpaired) electrons. The van der Waals surface area contributed by atoms with Crippen molar-refractivity contribution in [3.8, 4) is 0 Å². The van der Waals surface area contributed by atoms with Gasteiger partial charge in [-0.05, 0) is 0 Å². The first-order chi connectivity index (χ1) is 5.41. The Bertz CT molecular complexity index is 414. The third-order valence-electron chi connectivity index (χ3n) is 0.508. The van der Waals surface area contributed by atoms with Crippen LogP contribution >= 0.6 is 0 Å². The molecule has 74 valence electrons. The molecule has 0 rings (SSSR count). The summed E-state index contributed by atoms with van der Waals surface area (Å²) < 4.78 is 82.5. The van der Waals surface area contributed by atoms with E-state index in [0.29, 0.717) is 0 Å². The summed E-state index contributed by atoms with van der Waals surface area (Å²) in [5, 5.41) is 0. The van der Waals surface area contributed by atoms with Crippen LogP contribution in [0.1, 0.15) is 0 Å². The summed E-state index contributed by atoms with van der Waals surface area (Å²) in [6.07, 6.45) is 0. The van der Waals surface area contributed by atoms with Crippen LogP contribution in [-0.4, -0.2) is 5.22 Å². The molecular weight excluding hydrogens is 874 g/mol. The molecule has 0 spiro atoms. The monoisotopic (exact) mass is 876 g/mol. The van der Waals surface area contributed by atoms with Gasteiger partial charge in [-0.15, -0.1) is 0 Å². The van der Waals surface area contributed by atoms with Crippen molar-refractivity contribution in [3.63, 3.8) is 0 Å². The van der Waals surface area contributed by atoms with E-state index in [2.05, 4.69) is -0.509 Å². The Hall–Kier alpha value is 1.80. The zero-order valence-electron chi connectivity index (χ0n) is 5.66. The molecule has 10 nitrogen and oxygen atoms in total. The quantitative estimate of drug-likeness (QED) is 0.325. The Morgan fingerprint density at radius 3 is 1.08 bits per heavy atom. The fourth-order valence-corrected chi connectivity index (χ4v) is 44.4. The minimum atomic E-state index is -6.96. The predicted octanol–water partition coefficient (Wildman–Crippen LogP) is -1.96. The molecule has 0 aromatic heterocycles. The van der Waals surface area contributed by atoms with Crippen LogP contribution < -0.4 is 0 Å². The molecule has 0 saturated heterocycles. The van der Waals surface area contributed by atoms with Gasteiger partial charge in [-0.2, -0.15) is 0 Å². The second-order valence-corrected chi connectivity index (χ2v) is 32.2. The van der Waals surface area contributed by atoms with Gasteiger partial charge in [-0.1, -0.05) is 0 Å². The van der Waals surface area contributed by atoms with E-state index in [0.717, 1.165) is 0 Å². The van der Waals surface area contributed by atoms with E-state index in [1.165, 1.54) is 0 Å². The Balaban J connectivity index is 4.86. The molecule has 0 unspecified atom stereocenters. The van der Waals surface area contributed by atoms with Crippen LogP contribution in [0.4, 0.5) is 0 Å². The summed E-state index contributed by atoms with van der Waals surface area (Å²) in [6.45, 7) is 0. The third kappa shape index (κ3) is 10.1.